The summed E-state index contributed by atoms with van der Waals surface area (Å²) in [6.07, 6.45) is 3.06. The zero-order chi connectivity index (χ0) is 7.40. The van der Waals surface area contributed by atoms with Crippen LogP contribution in [0, 0.1) is 5.92 Å². The minimum atomic E-state index is 0.341. The van der Waals surface area contributed by atoms with E-state index >= 15 is 0 Å². The van der Waals surface area contributed by atoms with Crippen LogP contribution in [0.1, 0.15) is 6.42 Å². The van der Waals surface area contributed by atoms with E-state index in [1.807, 2.05) is 6.08 Å². The zero-order valence-electron chi connectivity index (χ0n) is 6.29. The van der Waals surface area contributed by atoms with Gasteiger partial charge < -0.3 is 5.11 Å². The lowest BCUT2D eigenvalue weighted by atomic mass is 10.1. The Labute approximate surface area is 62.2 Å². The molecule has 0 bridgehead atoms. The van der Waals surface area contributed by atoms with E-state index in [9.17, 15) is 0 Å². The second kappa shape index (κ2) is 3.74. The average molecular weight is 141 g/mol. The third-order valence-corrected chi connectivity index (χ3v) is 2.02. The molecule has 1 atom stereocenters. The quantitative estimate of drug-likeness (QED) is 0.578. The molecule has 0 aromatic rings. The van der Waals surface area contributed by atoms with Gasteiger partial charge in [-0.1, -0.05) is 6.08 Å². The summed E-state index contributed by atoms with van der Waals surface area (Å²) in [6.45, 7) is 7.15. The molecule has 0 aromatic heterocycles. The lowest BCUT2D eigenvalue weighted by Gasteiger charge is -2.11. The number of nitrogens with zero attached hydrogens (tertiary/aromatic N) is 1. The SMILES string of the molecule is C=CCN1CCC(CO)C1. The molecule has 2 nitrogen and oxygen atoms in total. The van der Waals surface area contributed by atoms with E-state index < -0.39 is 0 Å². The van der Waals surface area contributed by atoms with Crippen LogP contribution in [0.3, 0.4) is 0 Å². The summed E-state index contributed by atoms with van der Waals surface area (Å²) < 4.78 is 0. The van der Waals surface area contributed by atoms with Gasteiger partial charge in [0, 0.05) is 19.7 Å². The smallest absolute Gasteiger partial charge is 0.0471 e. The Morgan fingerprint density at radius 1 is 1.70 bits per heavy atom. The fourth-order valence-corrected chi connectivity index (χ4v) is 1.41. The van der Waals surface area contributed by atoms with Crippen molar-refractivity contribution in [1.82, 2.24) is 4.90 Å². The first kappa shape index (κ1) is 7.76. The molecule has 1 N–H and O–H groups in total. The predicted octanol–water partition coefficient (Wildman–Crippen LogP) is 0.487. The maximum Gasteiger partial charge on any atom is 0.0471 e. The van der Waals surface area contributed by atoms with Crippen LogP contribution < -0.4 is 0 Å². The molecule has 1 fully saturated rings. The Morgan fingerprint density at radius 2 is 2.50 bits per heavy atom. The van der Waals surface area contributed by atoms with Gasteiger partial charge in [-0.05, 0) is 18.9 Å². The van der Waals surface area contributed by atoms with Crippen molar-refractivity contribution in [3.05, 3.63) is 12.7 Å². The largest absolute Gasteiger partial charge is 0.396 e. The number of rotatable bonds is 3. The van der Waals surface area contributed by atoms with Gasteiger partial charge in [0.25, 0.3) is 0 Å². The number of hydrogen-bond acceptors (Lipinski definition) is 2. The highest BCUT2D eigenvalue weighted by molar-refractivity contribution is 4.80. The molecular formula is C8H15NO. The van der Waals surface area contributed by atoms with E-state index in [1.165, 1.54) is 0 Å². The van der Waals surface area contributed by atoms with Crippen molar-refractivity contribution in [3.63, 3.8) is 0 Å². The van der Waals surface area contributed by atoms with Gasteiger partial charge >= 0.3 is 0 Å². The van der Waals surface area contributed by atoms with Gasteiger partial charge in [-0.2, -0.15) is 0 Å². The Balaban J connectivity index is 2.21. The molecule has 1 rings (SSSR count). The van der Waals surface area contributed by atoms with Gasteiger partial charge in [-0.25, -0.2) is 0 Å². The van der Waals surface area contributed by atoms with Crippen LogP contribution in [0.2, 0.25) is 0 Å². The third-order valence-electron chi connectivity index (χ3n) is 2.02. The number of hydrogen-bond donors (Lipinski definition) is 1. The second-order valence-electron chi connectivity index (χ2n) is 2.89. The van der Waals surface area contributed by atoms with Gasteiger partial charge in [0.15, 0.2) is 0 Å². The number of aliphatic hydroxyl groups is 1. The fraction of sp³-hybridized carbons (Fsp3) is 0.750. The van der Waals surface area contributed by atoms with Crippen molar-refractivity contribution in [2.45, 2.75) is 6.42 Å². The van der Waals surface area contributed by atoms with Crippen LogP contribution in [-0.4, -0.2) is 36.2 Å². The van der Waals surface area contributed by atoms with E-state index in [0.29, 0.717) is 12.5 Å². The lowest BCUT2D eigenvalue weighted by molar-refractivity contribution is 0.225. The summed E-state index contributed by atoms with van der Waals surface area (Å²) in [5.41, 5.74) is 0. The topological polar surface area (TPSA) is 23.5 Å². The van der Waals surface area contributed by atoms with E-state index in [1.54, 1.807) is 0 Å². The van der Waals surface area contributed by atoms with Crippen LogP contribution in [0.4, 0.5) is 0 Å². The Morgan fingerprint density at radius 3 is 3.00 bits per heavy atom. The first-order chi connectivity index (χ1) is 4.86. The highest BCUT2D eigenvalue weighted by Crippen LogP contribution is 2.14. The molecule has 1 aliphatic heterocycles. The zero-order valence-corrected chi connectivity index (χ0v) is 6.29. The summed E-state index contributed by atoms with van der Waals surface area (Å²) in [6, 6.07) is 0. The van der Waals surface area contributed by atoms with Crippen molar-refractivity contribution < 1.29 is 5.11 Å². The van der Waals surface area contributed by atoms with Crippen molar-refractivity contribution in [2.24, 2.45) is 5.92 Å². The lowest BCUT2D eigenvalue weighted by Crippen LogP contribution is -2.21. The minimum absolute atomic E-state index is 0.341. The van der Waals surface area contributed by atoms with Crippen molar-refractivity contribution in [3.8, 4) is 0 Å². The van der Waals surface area contributed by atoms with Crippen molar-refractivity contribution in [1.29, 1.82) is 0 Å². The van der Waals surface area contributed by atoms with E-state index in [0.717, 1.165) is 26.1 Å². The molecule has 10 heavy (non-hydrogen) atoms. The first-order valence-corrected chi connectivity index (χ1v) is 3.81. The van der Waals surface area contributed by atoms with Gasteiger partial charge in [0.2, 0.25) is 0 Å². The molecule has 2 heteroatoms. The molecule has 1 heterocycles. The first-order valence-electron chi connectivity index (χ1n) is 3.81. The minimum Gasteiger partial charge on any atom is -0.396 e. The van der Waals surface area contributed by atoms with Gasteiger partial charge in [0.05, 0.1) is 0 Å². The monoisotopic (exact) mass is 141 g/mol. The second-order valence-corrected chi connectivity index (χ2v) is 2.89. The third kappa shape index (κ3) is 1.82. The summed E-state index contributed by atoms with van der Waals surface area (Å²) >= 11 is 0. The summed E-state index contributed by atoms with van der Waals surface area (Å²) in [4.78, 5) is 2.31. The Kier molecular flexibility index (Phi) is 2.90. The highest BCUT2D eigenvalue weighted by Gasteiger charge is 2.19. The standard InChI is InChI=1S/C8H15NO/c1-2-4-9-5-3-8(6-9)7-10/h2,8,10H,1,3-7H2. The van der Waals surface area contributed by atoms with E-state index in [4.69, 9.17) is 5.11 Å². The fourth-order valence-electron chi connectivity index (χ4n) is 1.41. The molecule has 58 valence electrons. The van der Waals surface area contributed by atoms with E-state index in [2.05, 4.69) is 11.5 Å². The Hall–Kier alpha value is -0.340. The normalized spacial score (nSPS) is 27.1. The summed E-state index contributed by atoms with van der Waals surface area (Å²) in [5, 5.41) is 8.80. The summed E-state index contributed by atoms with van der Waals surface area (Å²) in [7, 11) is 0. The molecular weight excluding hydrogens is 126 g/mol. The molecule has 0 saturated carbocycles. The van der Waals surface area contributed by atoms with Crippen LogP contribution in [0.15, 0.2) is 12.7 Å². The maximum atomic E-state index is 8.80. The molecule has 0 aromatic carbocycles. The molecule has 0 aliphatic carbocycles. The van der Waals surface area contributed by atoms with Gasteiger partial charge in [-0.3, -0.25) is 4.90 Å². The predicted molar refractivity (Wildman–Crippen MR) is 41.8 cm³/mol. The molecule has 0 amide bonds. The molecule has 0 radical (unpaired) electrons. The van der Waals surface area contributed by atoms with Gasteiger partial charge in [0.1, 0.15) is 0 Å². The van der Waals surface area contributed by atoms with Crippen LogP contribution in [0.5, 0.6) is 0 Å². The molecule has 1 unspecified atom stereocenters. The number of likely N-dealkylation sites (tertiary alicyclic amines) is 1. The van der Waals surface area contributed by atoms with Crippen LogP contribution >= 0.6 is 0 Å². The molecule has 1 saturated heterocycles. The van der Waals surface area contributed by atoms with Crippen LogP contribution in [0.25, 0.3) is 0 Å². The van der Waals surface area contributed by atoms with Crippen LogP contribution in [-0.2, 0) is 0 Å². The Bertz CT molecular complexity index is 114. The van der Waals surface area contributed by atoms with E-state index in [-0.39, 0.29) is 0 Å². The molecule has 1 aliphatic rings. The van der Waals surface area contributed by atoms with Crippen molar-refractivity contribution in [2.75, 3.05) is 26.2 Å². The summed E-state index contributed by atoms with van der Waals surface area (Å²) in [5.74, 6) is 0.514. The number of aliphatic hydroxyl groups excluding tert-OH is 1. The molecule has 0 spiro atoms. The van der Waals surface area contributed by atoms with Crippen molar-refractivity contribution >= 4 is 0 Å². The highest BCUT2D eigenvalue weighted by atomic mass is 16.3. The average Bonchev–Trinajstić information content (AvgIpc) is 2.37. The maximum absolute atomic E-state index is 8.80. The van der Waals surface area contributed by atoms with Gasteiger partial charge in [-0.15, -0.1) is 6.58 Å².